The molecular weight excluding hydrogens is 172 g/mol. The maximum atomic E-state index is 9.36. The predicted molar refractivity (Wildman–Crippen MR) is 60.4 cm³/mol. The number of hydrogen-bond donors (Lipinski definition) is 1. The zero-order valence-electron chi connectivity index (χ0n) is 9.16. The summed E-state index contributed by atoms with van der Waals surface area (Å²) in [4.78, 5) is 0. The van der Waals surface area contributed by atoms with Gasteiger partial charge in [-0.15, -0.1) is 0 Å². The summed E-state index contributed by atoms with van der Waals surface area (Å²) in [6.07, 6.45) is 4.14. The molecule has 1 atom stereocenters. The quantitative estimate of drug-likeness (QED) is 0.760. The van der Waals surface area contributed by atoms with E-state index in [1.54, 1.807) is 0 Å². The molecule has 0 fully saturated rings. The Morgan fingerprint density at radius 1 is 1.21 bits per heavy atom. The molecule has 1 heteroatoms. The van der Waals surface area contributed by atoms with Crippen LogP contribution in [0.4, 0.5) is 0 Å². The molecule has 0 saturated heterocycles. The number of aliphatic hydroxyl groups excluding tert-OH is 1. The number of aryl methyl sites for hydroxylation is 1. The molecule has 1 aromatic carbocycles. The molecule has 0 aliphatic carbocycles. The first-order valence-electron chi connectivity index (χ1n) is 5.49. The highest BCUT2D eigenvalue weighted by atomic mass is 16.3. The second kappa shape index (κ2) is 5.82. The molecule has 14 heavy (non-hydrogen) atoms. The maximum absolute atomic E-state index is 9.36. The van der Waals surface area contributed by atoms with Crippen molar-refractivity contribution in [2.24, 2.45) is 0 Å². The lowest BCUT2D eigenvalue weighted by Crippen LogP contribution is -2.06. The van der Waals surface area contributed by atoms with Gasteiger partial charge < -0.3 is 5.11 Å². The molecule has 0 spiro atoms. The Hall–Kier alpha value is -0.820. The first-order valence-corrected chi connectivity index (χ1v) is 5.49. The average Bonchev–Trinajstić information content (AvgIpc) is 2.16. The summed E-state index contributed by atoms with van der Waals surface area (Å²) in [5.74, 6) is 0. The third-order valence-electron chi connectivity index (χ3n) is 2.43. The monoisotopic (exact) mass is 192 g/mol. The first-order chi connectivity index (χ1) is 6.74. The Kier molecular flexibility index (Phi) is 4.68. The second-order valence-electron chi connectivity index (χ2n) is 3.93. The lowest BCUT2D eigenvalue weighted by Gasteiger charge is -2.10. The van der Waals surface area contributed by atoms with Gasteiger partial charge in [-0.05, 0) is 37.3 Å². The Labute approximate surface area is 86.8 Å². The van der Waals surface area contributed by atoms with Crippen molar-refractivity contribution >= 4 is 0 Å². The molecule has 0 aliphatic rings. The molecule has 0 bridgehead atoms. The van der Waals surface area contributed by atoms with Crippen LogP contribution in [-0.2, 0) is 12.8 Å². The van der Waals surface area contributed by atoms with Crippen molar-refractivity contribution in [1.29, 1.82) is 0 Å². The van der Waals surface area contributed by atoms with Gasteiger partial charge in [-0.25, -0.2) is 0 Å². The summed E-state index contributed by atoms with van der Waals surface area (Å²) < 4.78 is 0. The molecule has 1 unspecified atom stereocenters. The molecule has 1 nitrogen and oxygen atoms in total. The van der Waals surface area contributed by atoms with Crippen LogP contribution >= 0.6 is 0 Å². The maximum Gasteiger partial charge on any atom is 0.0552 e. The van der Waals surface area contributed by atoms with E-state index in [1.807, 2.05) is 13.0 Å². The minimum absolute atomic E-state index is 0.238. The van der Waals surface area contributed by atoms with Crippen LogP contribution in [0, 0.1) is 0 Å². The number of hydrogen-bond acceptors (Lipinski definition) is 1. The average molecular weight is 192 g/mol. The molecule has 78 valence electrons. The molecule has 0 saturated carbocycles. The first kappa shape index (κ1) is 11.3. The van der Waals surface area contributed by atoms with Crippen molar-refractivity contribution in [3.05, 3.63) is 35.4 Å². The summed E-state index contributed by atoms with van der Waals surface area (Å²) in [6.45, 7) is 4.05. The van der Waals surface area contributed by atoms with Gasteiger partial charge in [0.2, 0.25) is 0 Å². The highest BCUT2D eigenvalue weighted by Gasteiger charge is 2.03. The predicted octanol–water partition coefficient (Wildman–Crippen LogP) is 2.95. The van der Waals surface area contributed by atoms with E-state index in [1.165, 1.54) is 24.0 Å². The van der Waals surface area contributed by atoms with Gasteiger partial charge in [0.1, 0.15) is 0 Å². The Morgan fingerprint density at radius 2 is 1.86 bits per heavy atom. The standard InChI is InChI=1S/C13H20O/c1-3-4-7-12-8-5-6-9-13(12)10-11(2)14/h5-6,8-9,11,14H,3-4,7,10H2,1-2H3. The van der Waals surface area contributed by atoms with Crippen molar-refractivity contribution in [2.45, 2.75) is 45.6 Å². The summed E-state index contributed by atoms with van der Waals surface area (Å²) in [5, 5.41) is 9.36. The number of aliphatic hydroxyl groups is 1. The summed E-state index contributed by atoms with van der Waals surface area (Å²) in [7, 11) is 0. The highest BCUT2D eigenvalue weighted by Crippen LogP contribution is 2.13. The van der Waals surface area contributed by atoms with Crippen LogP contribution in [0.1, 0.15) is 37.8 Å². The molecule has 0 heterocycles. The van der Waals surface area contributed by atoms with Gasteiger partial charge >= 0.3 is 0 Å². The van der Waals surface area contributed by atoms with Crippen LogP contribution in [0.3, 0.4) is 0 Å². The van der Waals surface area contributed by atoms with Gasteiger partial charge in [0.25, 0.3) is 0 Å². The van der Waals surface area contributed by atoms with Gasteiger partial charge in [-0.2, -0.15) is 0 Å². The van der Waals surface area contributed by atoms with Gasteiger partial charge in [0.05, 0.1) is 6.10 Å². The second-order valence-corrected chi connectivity index (χ2v) is 3.93. The van der Waals surface area contributed by atoms with E-state index >= 15 is 0 Å². The van der Waals surface area contributed by atoms with Crippen molar-refractivity contribution in [3.63, 3.8) is 0 Å². The van der Waals surface area contributed by atoms with E-state index in [4.69, 9.17) is 0 Å². The van der Waals surface area contributed by atoms with Crippen LogP contribution in [0.5, 0.6) is 0 Å². The third kappa shape index (κ3) is 3.51. The van der Waals surface area contributed by atoms with Gasteiger partial charge in [0, 0.05) is 0 Å². The molecule has 0 aliphatic heterocycles. The summed E-state index contributed by atoms with van der Waals surface area (Å²) in [6, 6.07) is 8.43. The van der Waals surface area contributed by atoms with Crippen molar-refractivity contribution in [2.75, 3.05) is 0 Å². The van der Waals surface area contributed by atoms with E-state index in [2.05, 4.69) is 25.1 Å². The van der Waals surface area contributed by atoms with Crippen LogP contribution < -0.4 is 0 Å². The van der Waals surface area contributed by atoms with E-state index in [0.717, 1.165) is 12.8 Å². The summed E-state index contributed by atoms with van der Waals surface area (Å²) in [5.41, 5.74) is 2.70. The molecule has 0 radical (unpaired) electrons. The fraction of sp³-hybridized carbons (Fsp3) is 0.538. The smallest absolute Gasteiger partial charge is 0.0552 e. The molecular formula is C13H20O. The van der Waals surface area contributed by atoms with Crippen LogP contribution in [-0.4, -0.2) is 11.2 Å². The van der Waals surface area contributed by atoms with E-state index in [-0.39, 0.29) is 6.10 Å². The Balaban J connectivity index is 2.69. The van der Waals surface area contributed by atoms with Crippen LogP contribution in [0.2, 0.25) is 0 Å². The molecule has 1 aromatic rings. The van der Waals surface area contributed by atoms with Crippen LogP contribution in [0.25, 0.3) is 0 Å². The molecule has 0 aromatic heterocycles. The van der Waals surface area contributed by atoms with Gasteiger partial charge in [0.15, 0.2) is 0 Å². The fourth-order valence-corrected chi connectivity index (χ4v) is 1.69. The number of benzene rings is 1. The lowest BCUT2D eigenvalue weighted by atomic mass is 9.98. The van der Waals surface area contributed by atoms with E-state index in [9.17, 15) is 5.11 Å². The third-order valence-corrected chi connectivity index (χ3v) is 2.43. The number of unbranched alkanes of at least 4 members (excludes halogenated alkanes) is 1. The zero-order valence-corrected chi connectivity index (χ0v) is 9.16. The summed E-state index contributed by atoms with van der Waals surface area (Å²) >= 11 is 0. The molecule has 0 amide bonds. The highest BCUT2D eigenvalue weighted by molar-refractivity contribution is 5.27. The molecule has 1 rings (SSSR count). The topological polar surface area (TPSA) is 20.2 Å². The van der Waals surface area contributed by atoms with E-state index in [0.29, 0.717) is 0 Å². The minimum atomic E-state index is -0.238. The zero-order chi connectivity index (χ0) is 10.4. The van der Waals surface area contributed by atoms with Gasteiger partial charge in [-0.1, -0.05) is 37.6 Å². The van der Waals surface area contributed by atoms with Crippen molar-refractivity contribution in [1.82, 2.24) is 0 Å². The minimum Gasteiger partial charge on any atom is -0.393 e. The largest absolute Gasteiger partial charge is 0.393 e. The van der Waals surface area contributed by atoms with Gasteiger partial charge in [-0.3, -0.25) is 0 Å². The van der Waals surface area contributed by atoms with Crippen LogP contribution in [0.15, 0.2) is 24.3 Å². The molecule has 1 N–H and O–H groups in total. The fourth-order valence-electron chi connectivity index (χ4n) is 1.69. The lowest BCUT2D eigenvalue weighted by molar-refractivity contribution is 0.195. The van der Waals surface area contributed by atoms with Crippen molar-refractivity contribution < 1.29 is 5.11 Å². The SMILES string of the molecule is CCCCc1ccccc1CC(C)O. The Morgan fingerprint density at radius 3 is 2.43 bits per heavy atom. The van der Waals surface area contributed by atoms with Crippen molar-refractivity contribution in [3.8, 4) is 0 Å². The Bertz CT molecular complexity index is 266. The number of rotatable bonds is 5. The van der Waals surface area contributed by atoms with E-state index < -0.39 is 0 Å². The normalized spacial score (nSPS) is 12.8.